The van der Waals surface area contributed by atoms with E-state index in [2.05, 4.69) is 20.2 Å². The van der Waals surface area contributed by atoms with Crippen LogP contribution in [0.5, 0.6) is 5.75 Å². The Hall–Kier alpha value is -2.18. The SMILES string of the molecule is CNc1ncc(CN2CCC(O)(COc3ccccc3)C2)cn1. The van der Waals surface area contributed by atoms with Gasteiger partial charge in [0.2, 0.25) is 5.95 Å². The molecule has 0 amide bonds. The van der Waals surface area contributed by atoms with E-state index in [1.54, 1.807) is 7.05 Å². The molecular formula is C17H22N4O2. The first-order valence-corrected chi connectivity index (χ1v) is 7.78. The Morgan fingerprint density at radius 2 is 2.00 bits per heavy atom. The first-order chi connectivity index (χ1) is 11.2. The second-order valence-corrected chi connectivity index (χ2v) is 5.95. The summed E-state index contributed by atoms with van der Waals surface area (Å²) in [5.41, 5.74) is 0.235. The number of ether oxygens (including phenoxy) is 1. The lowest BCUT2D eigenvalue weighted by Gasteiger charge is -2.23. The Kier molecular flexibility index (Phi) is 4.73. The number of aromatic nitrogens is 2. The van der Waals surface area contributed by atoms with Crippen LogP contribution in [0.2, 0.25) is 0 Å². The molecule has 2 N–H and O–H groups in total. The fourth-order valence-corrected chi connectivity index (χ4v) is 2.75. The summed E-state index contributed by atoms with van der Waals surface area (Å²) in [7, 11) is 1.79. The Morgan fingerprint density at radius 3 is 2.70 bits per heavy atom. The summed E-state index contributed by atoms with van der Waals surface area (Å²) in [6, 6.07) is 9.60. The van der Waals surface area contributed by atoms with Gasteiger partial charge >= 0.3 is 0 Å². The molecule has 1 aromatic heterocycles. The molecular weight excluding hydrogens is 292 g/mol. The van der Waals surface area contributed by atoms with Gasteiger partial charge in [-0.05, 0) is 18.6 Å². The lowest BCUT2D eigenvalue weighted by Crippen LogP contribution is -2.39. The first-order valence-electron chi connectivity index (χ1n) is 7.78. The smallest absolute Gasteiger partial charge is 0.222 e. The summed E-state index contributed by atoms with van der Waals surface area (Å²) in [6.07, 6.45) is 4.34. The van der Waals surface area contributed by atoms with E-state index >= 15 is 0 Å². The number of hydrogen-bond donors (Lipinski definition) is 2. The van der Waals surface area contributed by atoms with Gasteiger partial charge in [-0.2, -0.15) is 0 Å². The molecule has 1 aliphatic heterocycles. The molecule has 1 atom stereocenters. The third-order valence-electron chi connectivity index (χ3n) is 4.00. The van der Waals surface area contributed by atoms with E-state index in [4.69, 9.17) is 4.74 Å². The molecule has 0 saturated carbocycles. The van der Waals surface area contributed by atoms with Gasteiger partial charge in [-0.1, -0.05) is 18.2 Å². The van der Waals surface area contributed by atoms with Crippen LogP contribution in [0.4, 0.5) is 5.95 Å². The van der Waals surface area contributed by atoms with E-state index < -0.39 is 5.60 Å². The van der Waals surface area contributed by atoms with Gasteiger partial charge in [0.15, 0.2) is 0 Å². The van der Waals surface area contributed by atoms with Crippen LogP contribution in [-0.2, 0) is 6.54 Å². The van der Waals surface area contributed by atoms with Crippen molar-refractivity contribution in [3.05, 3.63) is 48.3 Å². The van der Waals surface area contributed by atoms with Crippen molar-refractivity contribution < 1.29 is 9.84 Å². The van der Waals surface area contributed by atoms with Gasteiger partial charge in [0, 0.05) is 44.6 Å². The van der Waals surface area contributed by atoms with Crippen LogP contribution >= 0.6 is 0 Å². The second-order valence-electron chi connectivity index (χ2n) is 5.95. The third-order valence-corrected chi connectivity index (χ3v) is 4.00. The summed E-state index contributed by atoms with van der Waals surface area (Å²) in [4.78, 5) is 10.6. The lowest BCUT2D eigenvalue weighted by atomic mass is 10.1. The molecule has 3 rings (SSSR count). The van der Waals surface area contributed by atoms with Crippen molar-refractivity contribution in [1.29, 1.82) is 0 Å². The number of β-amino-alcohol motifs (C(OH)–C–C–N with tert-alkyl or cyclic N) is 1. The van der Waals surface area contributed by atoms with Crippen LogP contribution in [0.1, 0.15) is 12.0 Å². The van der Waals surface area contributed by atoms with Crippen LogP contribution < -0.4 is 10.1 Å². The molecule has 0 radical (unpaired) electrons. The Morgan fingerprint density at radius 1 is 1.26 bits per heavy atom. The van der Waals surface area contributed by atoms with Crippen LogP contribution in [0, 0.1) is 0 Å². The van der Waals surface area contributed by atoms with E-state index in [1.807, 2.05) is 42.7 Å². The maximum absolute atomic E-state index is 10.7. The Balaban J connectivity index is 1.52. The van der Waals surface area contributed by atoms with Crippen molar-refractivity contribution in [2.45, 2.75) is 18.6 Å². The van der Waals surface area contributed by atoms with Gasteiger partial charge in [-0.15, -0.1) is 0 Å². The van der Waals surface area contributed by atoms with Crippen molar-refractivity contribution in [1.82, 2.24) is 14.9 Å². The summed E-state index contributed by atoms with van der Waals surface area (Å²) >= 11 is 0. The number of nitrogens with one attached hydrogen (secondary N) is 1. The third kappa shape index (κ3) is 4.18. The fourth-order valence-electron chi connectivity index (χ4n) is 2.75. The maximum atomic E-state index is 10.7. The topological polar surface area (TPSA) is 70.5 Å². The van der Waals surface area contributed by atoms with Crippen LogP contribution in [0.25, 0.3) is 0 Å². The van der Waals surface area contributed by atoms with E-state index in [1.165, 1.54) is 0 Å². The number of rotatable bonds is 6. The van der Waals surface area contributed by atoms with Gasteiger partial charge in [0.05, 0.1) is 0 Å². The number of anilines is 1. The molecule has 1 aromatic carbocycles. The number of likely N-dealkylation sites (tertiary alicyclic amines) is 1. The monoisotopic (exact) mass is 314 g/mol. The van der Waals surface area contributed by atoms with Gasteiger partial charge in [-0.25, -0.2) is 9.97 Å². The average molecular weight is 314 g/mol. The summed E-state index contributed by atoms with van der Waals surface area (Å²) in [5, 5.41) is 13.6. The molecule has 6 heteroatoms. The summed E-state index contributed by atoms with van der Waals surface area (Å²) in [6.45, 7) is 2.47. The normalized spacial score (nSPS) is 21.3. The van der Waals surface area contributed by atoms with E-state index in [0.29, 0.717) is 25.5 Å². The highest BCUT2D eigenvalue weighted by atomic mass is 16.5. The van der Waals surface area contributed by atoms with Gasteiger partial charge < -0.3 is 15.2 Å². The minimum atomic E-state index is -0.804. The second kappa shape index (κ2) is 6.93. The van der Waals surface area contributed by atoms with Gasteiger partial charge in [0.1, 0.15) is 18.0 Å². The lowest BCUT2D eigenvalue weighted by molar-refractivity contribution is 0.00337. The molecule has 2 heterocycles. The molecule has 1 aliphatic rings. The molecule has 6 nitrogen and oxygen atoms in total. The molecule has 0 spiro atoms. The molecule has 1 unspecified atom stereocenters. The molecule has 2 aromatic rings. The number of hydrogen-bond acceptors (Lipinski definition) is 6. The van der Waals surface area contributed by atoms with Crippen molar-refractivity contribution >= 4 is 5.95 Å². The fraction of sp³-hybridized carbons (Fsp3) is 0.412. The molecule has 23 heavy (non-hydrogen) atoms. The predicted octanol–water partition coefficient (Wildman–Crippen LogP) is 1.53. The Bertz CT molecular complexity index is 620. The highest BCUT2D eigenvalue weighted by Crippen LogP contribution is 2.24. The van der Waals surface area contributed by atoms with Crippen LogP contribution in [-0.4, -0.2) is 52.3 Å². The quantitative estimate of drug-likeness (QED) is 0.843. The van der Waals surface area contributed by atoms with Crippen LogP contribution in [0.3, 0.4) is 0 Å². The molecule has 1 saturated heterocycles. The van der Waals surface area contributed by atoms with Gasteiger partial charge in [0.25, 0.3) is 0 Å². The zero-order valence-corrected chi connectivity index (χ0v) is 13.3. The first kappa shape index (κ1) is 15.7. The predicted molar refractivity (Wildman–Crippen MR) is 88.4 cm³/mol. The standard InChI is InChI=1S/C17H22N4O2/c1-18-16-19-9-14(10-20-16)11-21-8-7-17(22,12-21)13-23-15-5-3-2-4-6-15/h2-6,9-10,22H,7-8,11-13H2,1H3,(H,18,19,20). The Labute approximate surface area is 136 Å². The zero-order valence-electron chi connectivity index (χ0n) is 13.3. The molecule has 1 fully saturated rings. The minimum absolute atomic E-state index is 0.308. The maximum Gasteiger partial charge on any atom is 0.222 e. The number of nitrogens with zero attached hydrogens (tertiary/aromatic N) is 3. The molecule has 0 aliphatic carbocycles. The number of para-hydroxylation sites is 1. The van der Waals surface area contributed by atoms with Gasteiger partial charge in [-0.3, -0.25) is 4.90 Å². The highest BCUT2D eigenvalue weighted by molar-refractivity contribution is 5.23. The van der Waals surface area contributed by atoms with Crippen molar-refractivity contribution in [2.75, 3.05) is 32.1 Å². The zero-order chi connectivity index (χ0) is 16.1. The van der Waals surface area contributed by atoms with Crippen LogP contribution in [0.15, 0.2) is 42.7 Å². The number of aliphatic hydroxyl groups is 1. The summed E-state index contributed by atoms with van der Waals surface area (Å²) < 4.78 is 5.71. The van der Waals surface area contributed by atoms with Crippen molar-refractivity contribution in [3.63, 3.8) is 0 Å². The molecule has 0 bridgehead atoms. The minimum Gasteiger partial charge on any atom is -0.491 e. The van der Waals surface area contributed by atoms with E-state index in [-0.39, 0.29) is 0 Å². The van der Waals surface area contributed by atoms with Crippen molar-refractivity contribution in [2.24, 2.45) is 0 Å². The van der Waals surface area contributed by atoms with E-state index in [0.717, 1.165) is 24.4 Å². The highest BCUT2D eigenvalue weighted by Gasteiger charge is 2.36. The molecule has 122 valence electrons. The van der Waals surface area contributed by atoms with Crippen molar-refractivity contribution in [3.8, 4) is 5.75 Å². The largest absolute Gasteiger partial charge is 0.491 e. The number of benzene rings is 1. The summed E-state index contributed by atoms with van der Waals surface area (Å²) in [5.74, 6) is 1.40. The average Bonchev–Trinajstić information content (AvgIpc) is 2.96. The van der Waals surface area contributed by atoms with E-state index in [9.17, 15) is 5.11 Å².